The van der Waals surface area contributed by atoms with Crippen molar-refractivity contribution in [2.24, 2.45) is 0 Å². The summed E-state index contributed by atoms with van der Waals surface area (Å²) in [6, 6.07) is 7.83. The predicted molar refractivity (Wildman–Crippen MR) is 76.4 cm³/mol. The Kier molecular flexibility index (Phi) is 4.39. The Hall–Kier alpha value is -0.470. The van der Waals surface area contributed by atoms with Crippen LogP contribution >= 0.6 is 46.4 Å². The standard InChI is InChI=1S/C13H7Cl4F/c14-6-8-3-7(1-2-13(8)18)9-4-11(16)12(17)5-10(9)15/h1-5H,6H2. The summed E-state index contributed by atoms with van der Waals surface area (Å²) in [5, 5.41) is 1.23. The Morgan fingerprint density at radius 2 is 1.56 bits per heavy atom. The van der Waals surface area contributed by atoms with Crippen molar-refractivity contribution in [3.63, 3.8) is 0 Å². The number of hydrogen-bond donors (Lipinski definition) is 0. The molecule has 5 heteroatoms. The molecule has 0 aromatic heterocycles. The molecule has 2 aromatic rings. The van der Waals surface area contributed by atoms with Crippen molar-refractivity contribution >= 4 is 46.4 Å². The molecule has 0 aliphatic carbocycles. The highest BCUT2D eigenvalue weighted by Crippen LogP contribution is 2.35. The van der Waals surface area contributed by atoms with E-state index in [4.69, 9.17) is 46.4 Å². The van der Waals surface area contributed by atoms with Crippen LogP contribution in [-0.4, -0.2) is 0 Å². The fourth-order valence-corrected chi connectivity index (χ4v) is 2.45. The van der Waals surface area contributed by atoms with Gasteiger partial charge < -0.3 is 0 Å². The van der Waals surface area contributed by atoms with Crippen LogP contribution in [0.15, 0.2) is 30.3 Å². The first-order valence-electron chi connectivity index (χ1n) is 5.02. The zero-order chi connectivity index (χ0) is 13.3. The van der Waals surface area contributed by atoms with Gasteiger partial charge >= 0.3 is 0 Å². The van der Waals surface area contributed by atoms with Crippen molar-refractivity contribution in [3.05, 3.63) is 56.8 Å². The van der Waals surface area contributed by atoms with E-state index < -0.39 is 0 Å². The van der Waals surface area contributed by atoms with E-state index in [-0.39, 0.29) is 11.7 Å². The molecule has 0 aliphatic rings. The molecule has 0 N–H and O–H groups in total. The average molecular weight is 324 g/mol. The number of rotatable bonds is 2. The molecule has 0 saturated heterocycles. The number of alkyl halides is 1. The van der Waals surface area contributed by atoms with E-state index in [0.717, 1.165) is 5.56 Å². The summed E-state index contributed by atoms with van der Waals surface area (Å²) in [6.45, 7) is 0. The number of halogens is 5. The largest absolute Gasteiger partial charge is 0.207 e. The normalized spacial score (nSPS) is 10.7. The van der Waals surface area contributed by atoms with Crippen molar-refractivity contribution in [2.75, 3.05) is 0 Å². The van der Waals surface area contributed by atoms with Crippen LogP contribution in [0.4, 0.5) is 4.39 Å². The van der Waals surface area contributed by atoms with E-state index in [0.29, 0.717) is 26.2 Å². The molecule has 0 heterocycles. The molecule has 18 heavy (non-hydrogen) atoms. The predicted octanol–water partition coefficient (Wildman–Crippen LogP) is 6.19. The van der Waals surface area contributed by atoms with E-state index in [1.807, 2.05) is 0 Å². The van der Waals surface area contributed by atoms with Gasteiger partial charge in [-0.1, -0.05) is 40.9 Å². The molecule has 0 saturated carbocycles. The maximum Gasteiger partial charge on any atom is 0.127 e. The Morgan fingerprint density at radius 1 is 0.889 bits per heavy atom. The van der Waals surface area contributed by atoms with Crippen LogP contribution in [-0.2, 0) is 5.88 Å². The van der Waals surface area contributed by atoms with Crippen LogP contribution in [0.1, 0.15) is 5.56 Å². The van der Waals surface area contributed by atoms with Gasteiger partial charge in [0, 0.05) is 16.1 Å². The van der Waals surface area contributed by atoms with E-state index in [9.17, 15) is 4.39 Å². The summed E-state index contributed by atoms with van der Waals surface area (Å²) < 4.78 is 13.4. The van der Waals surface area contributed by atoms with Gasteiger partial charge in [-0.2, -0.15) is 0 Å². The number of hydrogen-bond acceptors (Lipinski definition) is 0. The van der Waals surface area contributed by atoms with Crippen LogP contribution in [0, 0.1) is 5.82 Å². The van der Waals surface area contributed by atoms with Crippen LogP contribution in [0.25, 0.3) is 11.1 Å². The van der Waals surface area contributed by atoms with Gasteiger partial charge in [0.25, 0.3) is 0 Å². The summed E-state index contributed by atoms with van der Waals surface area (Å²) in [5.74, 6) is -0.247. The molecule has 0 radical (unpaired) electrons. The molecule has 0 bridgehead atoms. The number of benzene rings is 2. The Labute approximate surface area is 124 Å². The third kappa shape index (κ3) is 2.75. The Bertz CT molecular complexity index is 596. The fourth-order valence-electron chi connectivity index (χ4n) is 1.59. The summed E-state index contributed by atoms with van der Waals surface area (Å²) in [7, 11) is 0. The summed E-state index contributed by atoms with van der Waals surface area (Å²) in [4.78, 5) is 0. The molecule has 94 valence electrons. The molecule has 2 aromatic carbocycles. The van der Waals surface area contributed by atoms with Gasteiger partial charge in [-0.15, -0.1) is 11.6 Å². The molecule has 0 spiro atoms. The summed E-state index contributed by atoms with van der Waals surface area (Å²) in [5.41, 5.74) is 1.85. The van der Waals surface area contributed by atoms with E-state index in [2.05, 4.69) is 0 Å². The first kappa shape index (κ1) is 14.0. The maximum atomic E-state index is 13.4. The van der Waals surface area contributed by atoms with Gasteiger partial charge in [-0.25, -0.2) is 4.39 Å². The highest BCUT2D eigenvalue weighted by atomic mass is 35.5. The second kappa shape index (κ2) is 5.66. The lowest BCUT2D eigenvalue weighted by atomic mass is 10.0. The highest BCUT2D eigenvalue weighted by molar-refractivity contribution is 6.44. The average Bonchev–Trinajstić information content (AvgIpc) is 2.35. The van der Waals surface area contributed by atoms with Gasteiger partial charge in [-0.05, 0) is 29.8 Å². The third-order valence-electron chi connectivity index (χ3n) is 2.51. The second-order valence-electron chi connectivity index (χ2n) is 3.69. The van der Waals surface area contributed by atoms with Crippen molar-refractivity contribution in [1.82, 2.24) is 0 Å². The van der Waals surface area contributed by atoms with Crippen LogP contribution in [0.2, 0.25) is 15.1 Å². The van der Waals surface area contributed by atoms with Crippen molar-refractivity contribution < 1.29 is 4.39 Å². The monoisotopic (exact) mass is 322 g/mol. The SMILES string of the molecule is Fc1ccc(-c2cc(Cl)c(Cl)cc2Cl)cc1CCl. The summed E-state index contributed by atoms with van der Waals surface area (Å²) in [6.07, 6.45) is 0. The van der Waals surface area contributed by atoms with Gasteiger partial charge in [0.15, 0.2) is 0 Å². The Balaban J connectivity index is 2.58. The topological polar surface area (TPSA) is 0 Å². The molecule has 0 aliphatic heterocycles. The molecule has 0 fully saturated rings. The minimum Gasteiger partial charge on any atom is -0.207 e. The first-order valence-corrected chi connectivity index (χ1v) is 6.69. The van der Waals surface area contributed by atoms with Crippen molar-refractivity contribution in [1.29, 1.82) is 0 Å². The summed E-state index contributed by atoms with van der Waals surface area (Å²) >= 11 is 23.6. The zero-order valence-corrected chi connectivity index (χ0v) is 12.0. The zero-order valence-electron chi connectivity index (χ0n) is 8.98. The maximum absolute atomic E-state index is 13.4. The lowest BCUT2D eigenvalue weighted by Gasteiger charge is -2.08. The molecular formula is C13H7Cl4F. The quantitative estimate of drug-likeness (QED) is 0.456. The van der Waals surface area contributed by atoms with Crippen LogP contribution in [0.5, 0.6) is 0 Å². The lowest BCUT2D eigenvalue weighted by Crippen LogP contribution is -1.88. The minimum atomic E-state index is -0.343. The molecule has 2 rings (SSSR count). The van der Waals surface area contributed by atoms with Crippen molar-refractivity contribution in [2.45, 2.75) is 5.88 Å². The van der Waals surface area contributed by atoms with Crippen LogP contribution in [0.3, 0.4) is 0 Å². The van der Waals surface area contributed by atoms with Crippen molar-refractivity contribution in [3.8, 4) is 11.1 Å². The molecule has 0 unspecified atom stereocenters. The van der Waals surface area contributed by atoms with E-state index in [1.165, 1.54) is 6.07 Å². The minimum absolute atomic E-state index is 0.0958. The van der Waals surface area contributed by atoms with Gasteiger partial charge in [0.2, 0.25) is 0 Å². The second-order valence-corrected chi connectivity index (χ2v) is 5.17. The smallest absolute Gasteiger partial charge is 0.127 e. The first-order chi connectivity index (χ1) is 8.52. The van der Waals surface area contributed by atoms with E-state index in [1.54, 1.807) is 24.3 Å². The van der Waals surface area contributed by atoms with Gasteiger partial charge in [0.1, 0.15) is 5.82 Å². The molecule has 0 amide bonds. The van der Waals surface area contributed by atoms with E-state index >= 15 is 0 Å². The molecule has 0 atom stereocenters. The van der Waals surface area contributed by atoms with Crippen LogP contribution < -0.4 is 0 Å². The van der Waals surface area contributed by atoms with Gasteiger partial charge in [-0.3, -0.25) is 0 Å². The highest BCUT2D eigenvalue weighted by Gasteiger charge is 2.10. The molecule has 0 nitrogen and oxygen atoms in total. The third-order valence-corrected chi connectivity index (χ3v) is 3.83. The molecular weight excluding hydrogens is 317 g/mol. The lowest BCUT2D eigenvalue weighted by molar-refractivity contribution is 0.617. The van der Waals surface area contributed by atoms with Gasteiger partial charge in [0.05, 0.1) is 15.9 Å². The Morgan fingerprint density at radius 3 is 2.22 bits per heavy atom. The fraction of sp³-hybridized carbons (Fsp3) is 0.0769.